The first-order valence-electron chi connectivity index (χ1n) is 9.29. The number of ketones is 1. The Morgan fingerprint density at radius 1 is 1.04 bits per heavy atom. The third-order valence-electron chi connectivity index (χ3n) is 5.43. The SMILES string of the molecule is CC[C@H](/C=C(/C)C(C)=O)[C@@H](C#C[Si](C(C)C)(C(C)C)C(C)C)OC. The Kier molecular flexibility index (Phi) is 9.85. The fourth-order valence-corrected chi connectivity index (χ4v) is 9.09. The van der Waals surface area contributed by atoms with Gasteiger partial charge < -0.3 is 4.74 Å². The van der Waals surface area contributed by atoms with Gasteiger partial charge in [-0.25, -0.2) is 0 Å². The quantitative estimate of drug-likeness (QED) is 0.315. The summed E-state index contributed by atoms with van der Waals surface area (Å²) in [6.45, 7) is 19.5. The van der Waals surface area contributed by atoms with Crippen LogP contribution in [0.3, 0.4) is 0 Å². The van der Waals surface area contributed by atoms with Crippen molar-refractivity contribution in [2.45, 2.75) is 91.5 Å². The summed E-state index contributed by atoms with van der Waals surface area (Å²) in [4.78, 5) is 11.6. The Morgan fingerprint density at radius 3 is 1.79 bits per heavy atom. The van der Waals surface area contributed by atoms with Gasteiger partial charge in [-0.15, -0.1) is 5.54 Å². The number of ether oxygens (including phenoxy) is 1. The van der Waals surface area contributed by atoms with Gasteiger partial charge in [0.1, 0.15) is 14.2 Å². The molecule has 0 radical (unpaired) electrons. The van der Waals surface area contributed by atoms with Crippen LogP contribution >= 0.6 is 0 Å². The van der Waals surface area contributed by atoms with E-state index in [0.717, 1.165) is 12.0 Å². The summed E-state index contributed by atoms with van der Waals surface area (Å²) in [5.41, 5.74) is 6.37. The van der Waals surface area contributed by atoms with E-state index in [1.807, 2.05) is 13.0 Å². The van der Waals surface area contributed by atoms with Crippen LogP contribution in [-0.2, 0) is 9.53 Å². The van der Waals surface area contributed by atoms with Crippen molar-refractivity contribution in [3.05, 3.63) is 11.6 Å². The minimum atomic E-state index is -1.76. The predicted octanol–water partition coefficient (Wildman–Crippen LogP) is 5.78. The molecular weight excluding hydrogens is 312 g/mol. The lowest BCUT2D eigenvalue weighted by Gasteiger charge is -2.38. The van der Waals surface area contributed by atoms with Crippen molar-refractivity contribution in [1.82, 2.24) is 0 Å². The van der Waals surface area contributed by atoms with Crippen LogP contribution in [0.15, 0.2) is 11.6 Å². The minimum Gasteiger partial charge on any atom is -0.368 e. The van der Waals surface area contributed by atoms with E-state index >= 15 is 0 Å². The third-order valence-corrected chi connectivity index (χ3v) is 11.7. The smallest absolute Gasteiger partial charge is 0.155 e. The molecule has 0 saturated carbocycles. The molecule has 0 spiro atoms. The average Bonchev–Trinajstić information content (AvgIpc) is 2.48. The zero-order chi connectivity index (χ0) is 19.1. The molecule has 0 rings (SSSR count). The zero-order valence-electron chi connectivity index (χ0n) is 17.5. The summed E-state index contributed by atoms with van der Waals surface area (Å²) in [5.74, 6) is 3.76. The Bertz CT molecular complexity index is 470. The Balaban J connectivity index is 5.84. The molecule has 0 aliphatic carbocycles. The molecule has 24 heavy (non-hydrogen) atoms. The van der Waals surface area contributed by atoms with Gasteiger partial charge in [0.2, 0.25) is 0 Å². The molecule has 0 amide bonds. The summed E-state index contributed by atoms with van der Waals surface area (Å²) >= 11 is 0. The molecule has 2 nitrogen and oxygen atoms in total. The molecule has 0 N–H and O–H groups in total. The first-order valence-corrected chi connectivity index (χ1v) is 11.5. The van der Waals surface area contributed by atoms with Gasteiger partial charge in [0.05, 0.1) is 0 Å². The van der Waals surface area contributed by atoms with Crippen LogP contribution in [0.25, 0.3) is 0 Å². The summed E-state index contributed by atoms with van der Waals surface area (Å²) in [6, 6.07) is 0. The Morgan fingerprint density at radius 2 is 1.50 bits per heavy atom. The fourth-order valence-electron chi connectivity index (χ4n) is 3.83. The number of carbonyl (C=O) groups is 1. The monoisotopic (exact) mass is 350 g/mol. The number of methoxy groups -OCH3 is 1. The van der Waals surface area contributed by atoms with Gasteiger partial charge in [-0.3, -0.25) is 4.79 Å². The topological polar surface area (TPSA) is 26.3 Å². The maximum Gasteiger partial charge on any atom is 0.155 e. The van der Waals surface area contributed by atoms with Crippen molar-refractivity contribution >= 4 is 13.9 Å². The second-order valence-electron chi connectivity index (χ2n) is 7.80. The van der Waals surface area contributed by atoms with Crippen molar-refractivity contribution in [1.29, 1.82) is 0 Å². The zero-order valence-corrected chi connectivity index (χ0v) is 18.5. The van der Waals surface area contributed by atoms with Gasteiger partial charge >= 0.3 is 0 Å². The highest BCUT2D eigenvalue weighted by atomic mass is 28.3. The van der Waals surface area contributed by atoms with Gasteiger partial charge in [-0.2, -0.15) is 0 Å². The maximum atomic E-state index is 11.6. The molecular formula is C21H38O2Si. The Hall–Kier alpha value is -0.853. The number of hydrogen-bond acceptors (Lipinski definition) is 2. The standard InChI is InChI=1S/C21H38O2Si/c1-11-20(14-18(8)19(9)22)21(23-10)12-13-24(15(2)3,16(4)5)17(6)7/h14-17,20-21H,11H2,1-10H3/b18-14-/t20-,21-/m1/s1. The molecule has 2 atom stereocenters. The number of rotatable bonds is 8. The molecule has 0 aromatic rings. The van der Waals surface area contributed by atoms with Crippen molar-refractivity contribution in [3.8, 4) is 11.5 Å². The molecule has 138 valence electrons. The van der Waals surface area contributed by atoms with E-state index < -0.39 is 8.07 Å². The maximum absolute atomic E-state index is 11.6. The van der Waals surface area contributed by atoms with E-state index in [-0.39, 0.29) is 17.8 Å². The van der Waals surface area contributed by atoms with Crippen molar-refractivity contribution in [2.75, 3.05) is 7.11 Å². The molecule has 0 aliphatic heterocycles. The minimum absolute atomic E-state index is 0.117. The van der Waals surface area contributed by atoms with Crippen LogP contribution in [0.5, 0.6) is 0 Å². The summed E-state index contributed by atoms with van der Waals surface area (Å²) in [7, 11) is -0.0312. The van der Waals surface area contributed by atoms with Gasteiger partial charge in [-0.05, 0) is 42.5 Å². The lowest BCUT2D eigenvalue weighted by Crippen LogP contribution is -2.43. The van der Waals surface area contributed by atoms with E-state index in [0.29, 0.717) is 16.6 Å². The van der Waals surface area contributed by atoms with Crippen LogP contribution < -0.4 is 0 Å². The number of hydrogen-bond donors (Lipinski definition) is 0. The van der Waals surface area contributed by atoms with Crippen LogP contribution in [0.1, 0.15) is 68.7 Å². The first-order chi connectivity index (χ1) is 11.0. The van der Waals surface area contributed by atoms with E-state index in [4.69, 9.17) is 4.74 Å². The highest BCUT2D eigenvalue weighted by molar-refractivity contribution is 6.90. The van der Waals surface area contributed by atoms with Crippen LogP contribution in [0.2, 0.25) is 16.6 Å². The van der Waals surface area contributed by atoms with Crippen molar-refractivity contribution < 1.29 is 9.53 Å². The Labute approximate surface area is 151 Å². The molecule has 0 unspecified atom stereocenters. The van der Waals surface area contributed by atoms with Crippen molar-refractivity contribution in [2.24, 2.45) is 5.92 Å². The molecule has 0 heterocycles. The average molecular weight is 351 g/mol. The second-order valence-corrected chi connectivity index (χ2v) is 13.4. The van der Waals surface area contributed by atoms with Crippen molar-refractivity contribution in [3.63, 3.8) is 0 Å². The molecule has 0 aromatic heterocycles. The van der Waals surface area contributed by atoms with Gasteiger partial charge in [0.25, 0.3) is 0 Å². The number of Topliss-reactive ketones (excluding diaryl/α,β-unsaturated/α-hetero) is 1. The van der Waals surface area contributed by atoms with Crippen LogP contribution in [0, 0.1) is 17.4 Å². The first kappa shape index (κ1) is 23.1. The largest absolute Gasteiger partial charge is 0.368 e. The number of carbonyl (C=O) groups excluding carboxylic acids is 1. The van der Waals surface area contributed by atoms with E-state index in [1.165, 1.54) is 0 Å². The van der Waals surface area contributed by atoms with E-state index in [9.17, 15) is 4.79 Å². The molecule has 0 bridgehead atoms. The molecule has 3 heteroatoms. The lowest BCUT2D eigenvalue weighted by molar-refractivity contribution is -0.113. The van der Waals surface area contributed by atoms with Gasteiger partial charge in [0, 0.05) is 13.0 Å². The summed E-state index contributed by atoms with van der Waals surface area (Å²) in [6.07, 6.45) is 2.80. The fraction of sp³-hybridized carbons (Fsp3) is 0.762. The summed E-state index contributed by atoms with van der Waals surface area (Å²) < 4.78 is 5.71. The van der Waals surface area contributed by atoms with E-state index in [1.54, 1.807) is 14.0 Å². The van der Waals surface area contributed by atoms with Gasteiger partial charge in [0.15, 0.2) is 5.78 Å². The summed E-state index contributed by atoms with van der Waals surface area (Å²) in [5, 5.41) is 0. The highest BCUT2D eigenvalue weighted by Crippen LogP contribution is 2.40. The van der Waals surface area contributed by atoms with E-state index in [2.05, 4.69) is 59.9 Å². The van der Waals surface area contributed by atoms with Crippen LogP contribution in [-0.4, -0.2) is 27.1 Å². The molecule has 0 aromatic carbocycles. The lowest BCUT2D eigenvalue weighted by atomic mass is 9.96. The van der Waals surface area contributed by atoms with Gasteiger partial charge in [-0.1, -0.05) is 60.5 Å². The molecule has 0 saturated heterocycles. The molecule has 0 fully saturated rings. The number of allylic oxidation sites excluding steroid dienone is 1. The highest BCUT2D eigenvalue weighted by Gasteiger charge is 2.41. The molecule has 0 aliphatic rings. The third kappa shape index (κ3) is 5.60. The second kappa shape index (κ2) is 10.2. The predicted molar refractivity (Wildman–Crippen MR) is 108 cm³/mol. The van der Waals surface area contributed by atoms with Crippen LogP contribution in [0.4, 0.5) is 0 Å². The normalized spacial score (nSPS) is 15.5.